The quantitative estimate of drug-likeness (QED) is 0.496. The molecule has 170 valence electrons. The molecule has 0 spiro atoms. The first-order chi connectivity index (χ1) is 16.4. The standard InChI is InChI=1S/C27H25N5O2/c1-16-18(15-28)4-3-5-19(16)20-8-9-22(26(29)33)25-24(20)21-7-6-17(14-23(21)30-25)27(34)32-12-10-31(2)11-13-32/h3-9,14,30H,10-13H2,1-2H3,(H2,29,33). The van der Waals surface area contributed by atoms with Gasteiger partial charge in [0.25, 0.3) is 11.8 Å². The number of carbonyl (C=O) groups excluding carboxylic acids is 2. The van der Waals surface area contributed by atoms with Crippen molar-refractivity contribution >= 4 is 33.6 Å². The molecular weight excluding hydrogens is 426 g/mol. The van der Waals surface area contributed by atoms with Crippen LogP contribution >= 0.6 is 0 Å². The zero-order valence-electron chi connectivity index (χ0n) is 19.2. The van der Waals surface area contributed by atoms with Crippen molar-refractivity contribution in [3.8, 4) is 17.2 Å². The van der Waals surface area contributed by atoms with E-state index in [1.165, 1.54) is 0 Å². The summed E-state index contributed by atoms with van der Waals surface area (Å²) in [5.41, 5.74) is 11.4. The fourth-order valence-corrected chi connectivity index (χ4v) is 4.82. The molecular formula is C27H25N5O2. The van der Waals surface area contributed by atoms with Crippen LogP contribution in [0.4, 0.5) is 0 Å². The van der Waals surface area contributed by atoms with E-state index in [0.717, 1.165) is 46.1 Å². The molecule has 1 aliphatic heterocycles. The Kier molecular flexibility index (Phi) is 5.31. The molecule has 0 bridgehead atoms. The third-order valence-corrected chi connectivity index (χ3v) is 6.80. The smallest absolute Gasteiger partial charge is 0.254 e. The van der Waals surface area contributed by atoms with Gasteiger partial charge in [0, 0.05) is 48.0 Å². The van der Waals surface area contributed by atoms with Crippen molar-refractivity contribution in [3.63, 3.8) is 0 Å². The number of nitriles is 1. The molecule has 5 rings (SSSR count). The van der Waals surface area contributed by atoms with Crippen molar-refractivity contribution in [1.82, 2.24) is 14.8 Å². The molecule has 1 aliphatic rings. The highest BCUT2D eigenvalue weighted by Gasteiger charge is 2.22. The van der Waals surface area contributed by atoms with Crippen molar-refractivity contribution in [2.75, 3.05) is 33.2 Å². The summed E-state index contributed by atoms with van der Waals surface area (Å²) < 4.78 is 0. The molecule has 1 aromatic heterocycles. The average Bonchev–Trinajstić information content (AvgIpc) is 3.22. The number of hydrogen-bond acceptors (Lipinski definition) is 4. The first-order valence-electron chi connectivity index (χ1n) is 11.2. The summed E-state index contributed by atoms with van der Waals surface area (Å²) >= 11 is 0. The van der Waals surface area contributed by atoms with Crippen LogP contribution in [0.3, 0.4) is 0 Å². The van der Waals surface area contributed by atoms with Gasteiger partial charge in [-0.1, -0.05) is 24.3 Å². The van der Waals surface area contributed by atoms with Crippen LogP contribution in [0.5, 0.6) is 0 Å². The summed E-state index contributed by atoms with van der Waals surface area (Å²) in [5, 5.41) is 11.2. The monoisotopic (exact) mass is 451 g/mol. The minimum atomic E-state index is -0.528. The largest absolute Gasteiger partial charge is 0.366 e. The Morgan fingerprint density at radius 1 is 1.03 bits per heavy atom. The van der Waals surface area contributed by atoms with E-state index in [1.54, 1.807) is 12.1 Å². The van der Waals surface area contributed by atoms with Crippen LogP contribution < -0.4 is 5.73 Å². The molecule has 1 saturated heterocycles. The summed E-state index contributed by atoms with van der Waals surface area (Å²) in [7, 11) is 2.06. The number of likely N-dealkylation sites (N-methyl/N-ethyl adjacent to an activating group) is 1. The number of fused-ring (bicyclic) bond motifs is 3. The molecule has 34 heavy (non-hydrogen) atoms. The van der Waals surface area contributed by atoms with Crippen LogP contribution in [0.25, 0.3) is 32.9 Å². The van der Waals surface area contributed by atoms with E-state index < -0.39 is 5.91 Å². The number of nitrogens with two attached hydrogens (primary N) is 1. The highest BCUT2D eigenvalue weighted by molar-refractivity contribution is 6.20. The zero-order valence-corrected chi connectivity index (χ0v) is 19.2. The Morgan fingerprint density at radius 2 is 1.79 bits per heavy atom. The number of hydrogen-bond donors (Lipinski definition) is 2. The number of rotatable bonds is 3. The number of nitrogens with zero attached hydrogens (tertiary/aromatic N) is 3. The molecule has 1 fully saturated rings. The minimum Gasteiger partial charge on any atom is -0.366 e. The van der Waals surface area contributed by atoms with E-state index >= 15 is 0 Å². The molecule has 0 unspecified atom stereocenters. The van der Waals surface area contributed by atoms with Gasteiger partial charge in [0.15, 0.2) is 0 Å². The molecule has 7 nitrogen and oxygen atoms in total. The maximum absolute atomic E-state index is 13.1. The SMILES string of the molecule is Cc1c(C#N)cccc1-c1ccc(C(N)=O)c2[nH]c3cc(C(=O)N4CCN(C)CC4)ccc3c12. The van der Waals surface area contributed by atoms with Gasteiger partial charge >= 0.3 is 0 Å². The third kappa shape index (κ3) is 3.49. The first kappa shape index (κ1) is 21.7. The van der Waals surface area contributed by atoms with Gasteiger partial charge in [-0.05, 0) is 54.9 Å². The molecule has 7 heteroatoms. The highest BCUT2D eigenvalue weighted by atomic mass is 16.2. The summed E-state index contributed by atoms with van der Waals surface area (Å²) in [4.78, 5) is 32.8. The first-order valence-corrected chi connectivity index (χ1v) is 11.2. The van der Waals surface area contributed by atoms with E-state index in [0.29, 0.717) is 35.3 Å². The Bertz CT molecular complexity index is 1500. The van der Waals surface area contributed by atoms with Crippen molar-refractivity contribution in [1.29, 1.82) is 5.26 Å². The second kappa shape index (κ2) is 8.32. The number of primary amides is 1. The predicted octanol–water partition coefficient (Wildman–Crippen LogP) is 3.65. The number of benzene rings is 3. The normalized spacial score (nSPS) is 14.4. The fraction of sp³-hybridized carbons (Fsp3) is 0.222. The van der Waals surface area contributed by atoms with Crippen LogP contribution in [0.15, 0.2) is 48.5 Å². The molecule has 4 aromatic rings. The molecule has 0 radical (unpaired) electrons. The lowest BCUT2D eigenvalue weighted by molar-refractivity contribution is 0.0664. The van der Waals surface area contributed by atoms with Crippen LogP contribution in [0, 0.1) is 18.3 Å². The molecule has 3 N–H and O–H groups in total. The minimum absolute atomic E-state index is 0.00145. The maximum Gasteiger partial charge on any atom is 0.254 e. The maximum atomic E-state index is 13.1. The molecule has 0 saturated carbocycles. The van der Waals surface area contributed by atoms with E-state index in [9.17, 15) is 14.9 Å². The van der Waals surface area contributed by atoms with Crippen molar-refractivity contribution in [2.45, 2.75) is 6.92 Å². The fourth-order valence-electron chi connectivity index (χ4n) is 4.82. The van der Waals surface area contributed by atoms with Gasteiger partial charge in [-0.3, -0.25) is 9.59 Å². The summed E-state index contributed by atoms with van der Waals surface area (Å²) in [5.74, 6) is -0.527. The Labute approximate surface area is 197 Å². The summed E-state index contributed by atoms with van der Waals surface area (Å²) in [6, 6.07) is 17.1. The summed E-state index contributed by atoms with van der Waals surface area (Å²) in [6.07, 6.45) is 0. The van der Waals surface area contributed by atoms with Crippen molar-refractivity contribution < 1.29 is 9.59 Å². The van der Waals surface area contributed by atoms with Crippen molar-refractivity contribution in [3.05, 3.63) is 70.8 Å². The number of amides is 2. The average molecular weight is 452 g/mol. The second-order valence-electron chi connectivity index (χ2n) is 8.85. The number of H-pyrrole nitrogens is 1. The van der Waals surface area contributed by atoms with Crippen LogP contribution in [0.2, 0.25) is 0 Å². The number of carbonyl (C=O) groups is 2. The van der Waals surface area contributed by atoms with Gasteiger partial charge in [0.1, 0.15) is 0 Å². The molecule has 2 amide bonds. The lowest BCUT2D eigenvalue weighted by Gasteiger charge is -2.32. The van der Waals surface area contributed by atoms with Gasteiger partial charge in [0.2, 0.25) is 0 Å². The molecule has 0 atom stereocenters. The summed E-state index contributed by atoms with van der Waals surface area (Å²) in [6.45, 7) is 5.03. The van der Waals surface area contributed by atoms with Crippen LogP contribution in [0.1, 0.15) is 31.8 Å². The van der Waals surface area contributed by atoms with E-state index in [4.69, 9.17) is 5.73 Å². The number of nitrogens with one attached hydrogen (secondary N) is 1. The van der Waals surface area contributed by atoms with Crippen LogP contribution in [-0.2, 0) is 0 Å². The number of aromatic amines is 1. The van der Waals surface area contributed by atoms with Gasteiger partial charge in [0.05, 0.1) is 22.7 Å². The third-order valence-electron chi connectivity index (χ3n) is 6.80. The Morgan fingerprint density at radius 3 is 2.50 bits per heavy atom. The van der Waals surface area contributed by atoms with Crippen LogP contribution in [-0.4, -0.2) is 59.8 Å². The highest BCUT2D eigenvalue weighted by Crippen LogP contribution is 2.38. The van der Waals surface area contributed by atoms with E-state index in [-0.39, 0.29) is 5.91 Å². The second-order valence-corrected chi connectivity index (χ2v) is 8.85. The topological polar surface area (TPSA) is 106 Å². The zero-order chi connectivity index (χ0) is 24.0. The Balaban J connectivity index is 1.70. The van der Waals surface area contributed by atoms with Gasteiger partial charge in [-0.25, -0.2) is 0 Å². The number of aromatic nitrogens is 1. The van der Waals surface area contributed by atoms with Crippen molar-refractivity contribution in [2.24, 2.45) is 5.73 Å². The Hall–Kier alpha value is -4.15. The van der Waals surface area contributed by atoms with Gasteiger partial charge < -0.3 is 20.5 Å². The molecule has 3 aromatic carbocycles. The molecule has 2 heterocycles. The van der Waals surface area contributed by atoms with Gasteiger partial charge in [-0.2, -0.15) is 5.26 Å². The van der Waals surface area contributed by atoms with E-state index in [2.05, 4.69) is 23.0 Å². The predicted molar refractivity (Wildman–Crippen MR) is 133 cm³/mol. The van der Waals surface area contributed by atoms with Gasteiger partial charge in [-0.15, -0.1) is 0 Å². The lowest BCUT2D eigenvalue weighted by atomic mass is 9.92. The number of piperazine rings is 1. The van der Waals surface area contributed by atoms with E-state index in [1.807, 2.05) is 48.2 Å². The lowest BCUT2D eigenvalue weighted by Crippen LogP contribution is -2.47. The molecule has 0 aliphatic carbocycles.